The molecule has 2 aliphatic rings. The van der Waals surface area contributed by atoms with Gasteiger partial charge in [-0.1, -0.05) is 0 Å². The lowest BCUT2D eigenvalue weighted by Crippen LogP contribution is -2.54. The zero-order chi connectivity index (χ0) is 21.6. The molecular weight excluding hydrogens is 466 g/mol. The fourth-order valence-corrected chi connectivity index (χ4v) is 3.38. The maximum absolute atomic E-state index is 12.9. The number of barbiturate groups is 1. The molecule has 30 heavy (non-hydrogen) atoms. The molecule has 1 fully saturated rings. The lowest BCUT2D eigenvalue weighted by molar-refractivity contribution is -0.386. The number of carbonyl (C=O) groups excluding carboxylic acids is 3. The topological polar surface area (TPSA) is 148 Å². The molecule has 4 amide bonds. The molecule has 2 aromatic carbocycles. The van der Waals surface area contributed by atoms with Gasteiger partial charge in [-0.05, 0) is 45.8 Å². The molecule has 152 valence electrons. The predicted octanol–water partition coefficient (Wildman–Crippen LogP) is 2.46. The van der Waals surface area contributed by atoms with E-state index in [2.05, 4.69) is 21.2 Å². The van der Waals surface area contributed by atoms with Crippen molar-refractivity contribution in [1.29, 1.82) is 0 Å². The lowest BCUT2D eigenvalue weighted by Gasteiger charge is -2.26. The van der Waals surface area contributed by atoms with E-state index >= 15 is 0 Å². The molecule has 0 aromatic heterocycles. The SMILES string of the molecule is O=C1NC(=O)N(c2ccc3c(c2)OCO3)C(=O)/C1=C/c1cc(Br)c(O)c([N+](=O)[O-])c1. The molecule has 0 atom stereocenters. The average Bonchev–Trinajstić information content (AvgIpc) is 3.15. The molecule has 0 unspecified atom stereocenters. The van der Waals surface area contributed by atoms with Crippen molar-refractivity contribution in [2.24, 2.45) is 0 Å². The molecule has 2 heterocycles. The van der Waals surface area contributed by atoms with E-state index < -0.39 is 39.8 Å². The van der Waals surface area contributed by atoms with Crippen LogP contribution in [-0.4, -0.2) is 34.7 Å². The molecule has 0 saturated carbocycles. The van der Waals surface area contributed by atoms with E-state index in [-0.39, 0.29) is 22.5 Å². The minimum absolute atomic E-state index is 0.00290. The summed E-state index contributed by atoms with van der Waals surface area (Å²) in [6.45, 7) is -0.00290. The normalized spacial score (nSPS) is 16.8. The monoisotopic (exact) mass is 475 g/mol. The fraction of sp³-hybridized carbons (Fsp3) is 0.0556. The number of benzene rings is 2. The minimum Gasteiger partial charge on any atom is -0.501 e. The predicted molar refractivity (Wildman–Crippen MR) is 104 cm³/mol. The first-order valence-electron chi connectivity index (χ1n) is 8.24. The first kappa shape index (κ1) is 19.4. The van der Waals surface area contributed by atoms with Crippen molar-refractivity contribution < 1.29 is 33.9 Å². The summed E-state index contributed by atoms with van der Waals surface area (Å²) in [6, 6.07) is 5.69. The Morgan fingerprint density at radius 2 is 1.90 bits per heavy atom. The van der Waals surface area contributed by atoms with Crippen LogP contribution in [0.25, 0.3) is 6.08 Å². The maximum Gasteiger partial charge on any atom is 0.335 e. The van der Waals surface area contributed by atoms with Gasteiger partial charge in [-0.25, -0.2) is 9.69 Å². The van der Waals surface area contributed by atoms with Crippen LogP contribution >= 0.6 is 15.9 Å². The third kappa shape index (κ3) is 3.22. The molecule has 0 spiro atoms. The molecule has 2 aromatic rings. The number of phenolic OH excluding ortho intramolecular Hbond substituents is 1. The second-order valence-electron chi connectivity index (χ2n) is 6.12. The standard InChI is InChI=1S/C18H10BrN3O8/c19-11-4-8(5-12(15(11)23)22(27)28)3-10-16(24)20-18(26)21(17(10)25)9-1-2-13-14(6-9)30-7-29-13/h1-6,23H,7H2,(H,20,24,26)/b10-3+. The largest absolute Gasteiger partial charge is 0.501 e. The summed E-state index contributed by atoms with van der Waals surface area (Å²) in [4.78, 5) is 48.5. The number of amides is 4. The number of aromatic hydroxyl groups is 1. The maximum atomic E-state index is 12.9. The van der Waals surface area contributed by atoms with Crippen LogP contribution in [0.2, 0.25) is 0 Å². The molecule has 0 aliphatic carbocycles. The number of nitro benzene ring substituents is 1. The van der Waals surface area contributed by atoms with Gasteiger partial charge in [0.1, 0.15) is 5.57 Å². The Hall–Kier alpha value is -3.93. The smallest absolute Gasteiger partial charge is 0.335 e. The van der Waals surface area contributed by atoms with Crippen LogP contribution in [0, 0.1) is 10.1 Å². The van der Waals surface area contributed by atoms with Crippen LogP contribution in [0.3, 0.4) is 0 Å². The van der Waals surface area contributed by atoms with Crippen molar-refractivity contribution in [2.45, 2.75) is 0 Å². The van der Waals surface area contributed by atoms with Crippen LogP contribution in [0.5, 0.6) is 17.2 Å². The molecule has 4 rings (SSSR count). The first-order valence-corrected chi connectivity index (χ1v) is 9.03. The molecule has 12 heteroatoms. The zero-order valence-corrected chi connectivity index (χ0v) is 16.3. The van der Waals surface area contributed by atoms with Gasteiger partial charge in [0.15, 0.2) is 11.5 Å². The number of nitro groups is 1. The van der Waals surface area contributed by atoms with E-state index in [0.717, 1.165) is 17.0 Å². The Morgan fingerprint density at radius 1 is 1.17 bits per heavy atom. The highest BCUT2D eigenvalue weighted by Crippen LogP contribution is 2.37. The van der Waals surface area contributed by atoms with Crippen molar-refractivity contribution in [1.82, 2.24) is 5.32 Å². The summed E-state index contributed by atoms with van der Waals surface area (Å²) >= 11 is 2.99. The fourth-order valence-electron chi connectivity index (χ4n) is 2.91. The number of phenols is 1. The van der Waals surface area contributed by atoms with Gasteiger partial charge in [0.25, 0.3) is 11.8 Å². The van der Waals surface area contributed by atoms with Gasteiger partial charge < -0.3 is 14.6 Å². The number of anilines is 1. The second-order valence-corrected chi connectivity index (χ2v) is 6.98. The summed E-state index contributed by atoms with van der Waals surface area (Å²) in [5.41, 5.74) is -0.828. The molecule has 0 bridgehead atoms. The summed E-state index contributed by atoms with van der Waals surface area (Å²) in [5, 5.41) is 22.9. The van der Waals surface area contributed by atoms with Crippen molar-refractivity contribution in [3.63, 3.8) is 0 Å². The number of hydrogen-bond donors (Lipinski definition) is 2. The number of halogens is 1. The lowest BCUT2D eigenvalue weighted by atomic mass is 10.1. The number of nitrogens with zero attached hydrogens (tertiary/aromatic N) is 2. The van der Waals surface area contributed by atoms with Gasteiger partial charge in [-0.3, -0.25) is 25.0 Å². The number of nitrogens with one attached hydrogen (secondary N) is 1. The van der Waals surface area contributed by atoms with Crippen LogP contribution < -0.4 is 19.7 Å². The van der Waals surface area contributed by atoms with E-state index in [1.807, 2.05) is 0 Å². The third-order valence-electron chi connectivity index (χ3n) is 4.29. The molecular formula is C18H10BrN3O8. The van der Waals surface area contributed by atoms with Crippen LogP contribution in [0.4, 0.5) is 16.2 Å². The van der Waals surface area contributed by atoms with Gasteiger partial charge in [-0.2, -0.15) is 0 Å². The van der Waals surface area contributed by atoms with E-state index in [1.165, 1.54) is 24.3 Å². The summed E-state index contributed by atoms with van der Waals surface area (Å²) in [6.07, 6.45) is 1.08. The second kappa shape index (κ2) is 7.15. The van der Waals surface area contributed by atoms with Crippen LogP contribution in [0.15, 0.2) is 40.4 Å². The minimum atomic E-state index is -0.964. The highest BCUT2D eigenvalue weighted by molar-refractivity contribution is 9.10. The van der Waals surface area contributed by atoms with Gasteiger partial charge in [0, 0.05) is 12.1 Å². The number of carbonyl (C=O) groups is 3. The number of imide groups is 2. The van der Waals surface area contributed by atoms with Crippen LogP contribution in [0.1, 0.15) is 5.56 Å². The quantitative estimate of drug-likeness (QED) is 0.297. The van der Waals surface area contributed by atoms with Crippen LogP contribution in [-0.2, 0) is 9.59 Å². The first-order chi connectivity index (χ1) is 14.3. The van der Waals surface area contributed by atoms with Gasteiger partial charge in [0.05, 0.1) is 15.1 Å². The van der Waals surface area contributed by atoms with E-state index in [1.54, 1.807) is 0 Å². The molecule has 2 aliphatic heterocycles. The van der Waals surface area contributed by atoms with E-state index in [0.29, 0.717) is 11.5 Å². The van der Waals surface area contributed by atoms with E-state index in [4.69, 9.17) is 9.47 Å². The van der Waals surface area contributed by atoms with Crippen molar-refractivity contribution in [3.8, 4) is 17.2 Å². The molecule has 1 saturated heterocycles. The molecule has 11 nitrogen and oxygen atoms in total. The number of rotatable bonds is 3. The molecule has 0 radical (unpaired) electrons. The highest BCUT2D eigenvalue weighted by Gasteiger charge is 2.37. The van der Waals surface area contributed by atoms with Gasteiger partial charge in [-0.15, -0.1) is 0 Å². The Labute approximate surface area is 175 Å². The average molecular weight is 476 g/mol. The van der Waals surface area contributed by atoms with Gasteiger partial charge >= 0.3 is 11.7 Å². The third-order valence-corrected chi connectivity index (χ3v) is 4.89. The Morgan fingerprint density at radius 3 is 2.63 bits per heavy atom. The van der Waals surface area contributed by atoms with Gasteiger partial charge in [0.2, 0.25) is 12.5 Å². The number of hydrogen-bond acceptors (Lipinski definition) is 8. The van der Waals surface area contributed by atoms with Crippen molar-refractivity contribution >= 4 is 51.2 Å². The number of fused-ring (bicyclic) bond motifs is 1. The number of ether oxygens (including phenoxy) is 2. The van der Waals surface area contributed by atoms with Crippen molar-refractivity contribution in [2.75, 3.05) is 11.7 Å². The van der Waals surface area contributed by atoms with Crippen molar-refractivity contribution in [3.05, 3.63) is 56.1 Å². The molecule has 2 N–H and O–H groups in total. The summed E-state index contributed by atoms with van der Waals surface area (Å²) < 4.78 is 10.4. The summed E-state index contributed by atoms with van der Waals surface area (Å²) in [5.74, 6) is -1.73. The Kier molecular flexibility index (Phi) is 4.62. The number of urea groups is 1. The highest BCUT2D eigenvalue weighted by atomic mass is 79.9. The summed E-state index contributed by atoms with van der Waals surface area (Å²) in [7, 11) is 0. The van der Waals surface area contributed by atoms with E-state index in [9.17, 15) is 29.6 Å². The zero-order valence-electron chi connectivity index (χ0n) is 14.7. The Balaban J connectivity index is 1.75. The Bertz CT molecular complexity index is 1180.